The lowest BCUT2D eigenvalue weighted by atomic mass is 10.2. The molecule has 1 aliphatic heterocycles. The number of H-pyrrole nitrogens is 1. The van der Waals surface area contributed by atoms with E-state index in [9.17, 15) is 26.4 Å². The zero-order valence-electron chi connectivity index (χ0n) is 13.7. The van der Waals surface area contributed by atoms with Crippen LogP contribution < -0.4 is 11.2 Å². The van der Waals surface area contributed by atoms with Crippen molar-refractivity contribution in [2.45, 2.75) is 31.8 Å². The fourth-order valence-corrected chi connectivity index (χ4v) is 3.37. The highest BCUT2D eigenvalue weighted by Gasteiger charge is 2.40. The van der Waals surface area contributed by atoms with E-state index in [1.807, 2.05) is 0 Å². The van der Waals surface area contributed by atoms with Crippen molar-refractivity contribution in [3.05, 3.63) is 32.6 Å². The number of hydrogen-bond acceptors (Lipinski definition) is 9. The van der Waals surface area contributed by atoms with Gasteiger partial charge in [-0.2, -0.15) is 16.8 Å². The first-order valence-corrected chi connectivity index (χ1v) is 10.7. The Bertz CT molecular complexity index is 961. The van der Waals surface area contributed by atoms with Gasteiger partial charge in [0.15, 0.2) is 0 Å². The van der Waals surface area contributed by atoms with Crippen LogP contribution in [-0.2, 0) is 33.3 Å². The summed E-state index contributed by atoms with van der Waals surface area (Å²) in [4.78, 5) is 25.5. The topological polar surface area (TPSA) is 151 Å². The van der Waals surface area contributed by atoms with Crippen molar-refractivity contribution in [2.24, 2.45) is 0 Å². The van der Waals surface area contributed by atoms with E-state index in [-0.39, 0.29) is 12.0 Å². The number of aromatic amines is 1. The Morgan fingerprint density at radius 1 is 1.24 bits per heavy atom. The third-order valence-corrected chi connectivity index (χ3v) is 4.54. The van der Waals surface area contributed by atoms with Gasteiger partial charge in [-0.3, -0.25) is 22.7 Å². The molecule has 1 N–H and O–H groups in total. The summed E-state index contributed by atoms with van der Waals surface area (Å²) in [5.41, 5.74) is -1.05. The van der Waals surface area contributed by atoms with Crippen LogP contribution in [0.25, 0.3) is 0 Å². The van der Waals surface area contributed by atoms with Gasteiger partial charge in [0.2, 0.25) is 0 Å². The van der Waals surface area contributed by atoms with Gasteiger partial charge in [0.1, 0.15) is 18.4 Å². The van der Waals surface area contributed by atoms with Gasteiger partial charge in [0.25, 0.3) is 25.8 Å². The molecule has 142 valence electrons. The van der Waals surface area contributed by atoms with Gasteiger partial charge in [-0.05, 0) is 6.92 Å². The Morgan fingerprint density at radius 2 is 1.88 bits per heavy atom. The fourth-order valence-electron chi connectivity index (χ4n) is 2.34. The van der Waals surface area contributed by atoms with E-state index >= 15 is 0 Å². The van der Waals surface area contributed by atoms with Gasteiger partial charge in [-0.1, -0.05) is 0 Å². The summed E-state index contributed by atoms with van der Waals surface area (Å²) in [6, 6.07) is 0. The van der Waals surface area contributed by atoms with E-state index < -0.39 is 56.5 Å². The summed E-state index contributed by atoms with van der Waals surface area (Å²) >= 11 is 0. The van der Waals surface area contributed by atoms with Crippen LogP contribution in [-0.4, -0.2) is 57.7 Å². The molecule has 0 bridgehead atoms. The van der Waals surface area contributed by atoms with Crippen molar-refractivity contribution >= 4 is 20.2 Å². The van der Waals surface area contributed by atoms with Gasteiger partial charge in [-0.15, -0.1) is 0 Å². The zero-order valence-corrected chi connectivity index (χ0v) is 15.3. The molecule has 0 unspecified atom stereocenters. The van der Waals surface area contributed by atoms with Crippen molar-refractivity contribution in [1.29, 1.82) is 0 Å². The van der Waals surface area contributed by atoms with Crippen molar-refractivity contribution in [1.82, 2.24) is 9.55 Å². The maximum absolute atomic E-state index is 11.9. The quantitative estimate of drug-likeness (QED) is 0.562. The highest BCUT2D eigenvalue weighted by molar-refractivity contribution is 7.86. The second-order valence-electron chi connectivity index (χ2n) is 5.67. The van der Waals surface area contributed by atoms with Crippen LogP contribution in [0.3, 0.4) is 0 Å². The van der Waals surface area contributed by atoms with Crippen LogP contribution in [0.2, 0.25) is 0 Å². The standard InChI is InChI=1S/C12H18N2O9S2/c1-7-5-14(12(16)13-11(7)15)10-4-8(23-25(3,19)20)9(22-10)6-21-24(2,17)18/h5,8-10H,4,6H2,1-3H3,(H,13,15,16)/t8-,9+,10+/m1/s1. The molecular weight excluding hydrogens is 380 g/mol. The van der Waals surface area contributed by atoms with E-state index in [2.05, 4.69) is 9.17 Å². The Morgan fingerprint density at radius 3 is 2.44 bits per heavy atom. The van der Waals surface area contributed by atoms with E-state index in [4.69, 9.17) is 8.92 Å². The zero-order chi connectivity index (χ0) is 19.0. The van der Waals surface area contributed by atoms with E-state index in [1.54, 1.807) is 0 Å². The maximum Gasteiger partial charge on any atom is 0.330 e. The summed E-state index contributed by atoms with van der Waals surface area (Å²) in [5, 5.41) is 0. The molecule has 13 heteroatoms. The minimum absolute atomic E-state index is 0.0593. The number of nitrogens with zero attached hydrogens (tertiary/aromatic N) is 1. The average Bonchev–Trinajstić information content (AvgIpc) is 2.80. The SMILES string of the molecule is Cc1cn([C@@H]2C[C@@H](OS(C)(=O)=O)[C@H](COS(C)(=O)=O)O2)c(=O)[nH]c1=O. The molecule has 0 radical (unpaired) electrons. The Labute approximate surface area is 143 Å². The van der Waals surface area contributed by atoms with Crippen molar-refractivity contribution in [3.63, 3.8) is 0 Å². The second kappa shape index (κ2) is 6.99. The van der Waals surface area contributed by atoms with Crippen molar-refractivity contribution < 1.29 is 29.9 Å². The van der Waals surface area contributed by atoms with Crippen molar-refractivity contribution in [2.75, 3.05) is 19.1 Å². The summed E-state index contributed by atoms with van der Waals surface area (Å²) in [6.07, 6.45) is -0.177. The first kappa shape index (κ1) is 19.8. The molecule has 1 fully saturated rings. The maximum atomic E-state index is 11.9. The lowest BCUT2D eigenvalue weighted by Crippen LogP contribution is -2.33. The van der Waals surface area contributed by atoms with Crippen LogP contribution in [0.4, 0.5) is 0 Å². The van der Waals surface area contributed by atoms with E-state index in [1.165, 1.54) is 13.1 Å². The molecule has 1 aromatic heterocycles. The van der Waals surface area contributed by atoms with Gasteiger partial charge < -0.3 is 4.74 Å². The molecule has 2 rings (SSSR count). The highest BCUT2D eigenvalue weighted by atomic mass is 32.2. The Hall–Kier alpha value is -1.54. The molecule has 0 aliphatic carbocycles. The molecule has 0 aromatic carbocycles. The molecule has 0 spiro atoms. The normalized spacial score (nSPS) is 24.5. The minimum atomic E-state index is -3.86. The Balaban J connectivity index is 2.29. The molecule has 1 aliphatic rings. The van der Waals surface area contributed by atoms with Gasteiger partial charge in [0.05, 0.1) is 19.1 Å². The van der Waals surface area contributed by atoms with Crippen LogP contribution >= 0.6 is 0 Å². The largest absolute Gasteiger partial charge is 0.349 e. The predicted octanol–water partition coefficient (Wildman–Crippen LogP) is -1.55. The first-order chi connectivity index (χ1) is 11.4. The summed E-state index contributed by atoms with van der Waals surface area (Å²) in [7, 11) is -7.64. The monoisotopic (exact) mass is 398 g/mol. The number of hydrogen-bond donors (Lipinski definition) is 1. The number of nitrogens with one attached hydrogen (secondary N) is 1. The molecule has 1 aromatic rings. The summed E-state index contributed by atoms with van der Waals surface area (Å²) in [6.45, 7) is 1.01. The van der Waals surface area contributed by atoms with E-state index in [0.717, 1.165) is 17.1 Å². The molecule has 2 heterocycles. The predicted molar refractivity (Wildman–Crippen MR) is 85.1 cm³/mol. The number of rotatable bonds is 6. The molecular formula is C12H18N2O9S2. The van der Waals surface area contributed by atoms with E-state index in [0.29, 0.717) is 0 Å². The average molecular weight is 398 g/mol. The number of aromatic nitrogens is 2. The third-order valence-electron chi connectivity index (χ3n) is 3.38. The highest BCUT2D eigenvalue weighted by Crippen LogP contribution is 2.31. The lowest BCUT2D eigenvalue weighted by molar-refractivity contribution is -0.0353. The van der Waals surface area contributed by atoms with Crippen LogP contribution in [0, 0.1) is 6.92 Å². The molecule has 0 saturated carbocycles. The second-order valence-corrected chi connectivity index (χ2v) is 8.92. The summed E-state index contributed by atoms with van der Waals surface area (Å²) < 4.78 is 61.2. The van der Waals surface area contributed by atoms with Crippen LogP contribution in [0.5, 0.6) is 0 Å². The van der Waals surface area contributed by atoms with Gasteiger partial charge in [0, 0.05) is 18.2 Å². The molecule has 25 heavy (non-hydrogen) atoms. The van der Waals surface area contributed by atoms with Crippen LogP contribution in [0.1, 0.15) is 18.2 Å². The minimum Gasteiger partial charge on any atom is -0.349 e. The van der Waals surface area contributed by atoms with Gasteiger partial charge in [-0.25, -0.2) is 4.79 Å². The van der Waals surface area contributed by atoms with Crippen LogP contribution in [0.15, 0.2) is 15.8 Å². The first-order valence-electron chi connectivity index (χ1n) is 7.06. The number of ether oxygens (including phenoxy) is 1. The Kier molecular flexibility index (Phi) is 5.53. The fraction of sp³-hybridized carbons (Fsp3) is 0.667. The molecule has 11 nitrogen and oxygen atoms in total. The third kappa shape index (κ3) is 5.47. The van der Waals surface area contributed by atoms with Gasteiger partial charge >= 0.3 is 5.69 Å². The summed E-state index contributed by atoms with van der Waals surface area (Å²) in [5.74, 6) is 0. The van der Waals surface area contributed by atoms with Crippen molar-refractivity contribution in [3.8, 4) is 0 Å². The number of aryl methyl sites for hydroxylation is 1. The lowest BCUT2D eigenvalue weighted by Gasteiger charge is -2.17. The smallest absolute Gasteiger partial charge is 0.330 e. The molecule has 1 saturated heterocycles. The molecule has 3 atom stereocenters. The molecule has 0 amide bonds.